The zero-order valence-electron chi connectivity index (χ0n) is 11.4. The minimum atomic E-state index is -2.01. The molecule has 0 bridgehead atoms. The Morgan fingerprint density at radius 3 is 1.87 bits per heavy atom. The maximum absolute atomic E-state index is 5.82. The highest BCUT2D eigenvalue weighted by atomic mass is 28.4. The summed E-state index contributed by atoms with van der Waals surface area (Å²) in [6.45, 7) is 9.04. The summed E-state index contributed by atoms with van der Waals surface area (Å²) in [5.41, 5.74) is 0. The van der Waals surface area contributed by atoms with Gasteiger partial charge in [0.2, 0.25) is 0 Å². The highest BCUT2D eigenvalue weighted by Gasteiger charge is 2.49. The van der Waals surface area contributed by atoms with Crippen LogP contribution in [-0.2, 0) is 8.85 Å². The molecule has 0 rings (SSSR count). The molecule has 0 N–H and O–H groups in total. The second-order valence-electron chi connectivity index (χ2n) is 4.90. The first-order chi connectivity index (χ1) is 6.99. The molecule has 0 heterocycles. The van der Waals surface area contributed by atoms with Crippen molar-refractivity contribution in [2.75, 3.05) is 14.2 Å². The summed E-state index contributed by atoms with van der Waals surface area (Å²) in [5, 5.41) is 0.209. The van der Waals surface area contributed by atoms with E-state index in [1.807, 2.05) is 14.2 Å². The van der Waals surface area contributed by atoms with Gasteiger partial charge in [0.15, 0.2) is 0 Å². The standard InChI is InChI=1S/C12H28O2Si/c1-7-9-11-15(13-5,14-6)12(3,4)10-8-2/h7-11H2,1-6H3. The van der Waals surface area contributed by atoms with Crippen LogP contribution in [0.15, 0.2) is 0 Å². The molecule has 0 aliphatic heterocycles. The molecule has 0 aliphatic rings. The molecule has 0 radical (unpaired) electrons. The molecule has 92 valence electrons. The van der Waals surface area contributed by atoms with Crippen LogP contribution in [0.25, 0.3) is 0 Å². The van der Waals surface area contributed by atoms with Crippen LogP contribution in [0.1, 0.15) is 53.4 Å². The maximum atomic E-state index is 5.82. The molecule has 0 amide bonds. The second kappa shape index (κ2) is 6.66. The van der Waals surface area contributed by atoms with Crippen LogP contribution in [0.3, 0.4) is 0 Å². The summed E-state index contributed by atoms with van der Waals surface area (Å²) in [4.78, 5) is 0. The average molecular weight is 232 g/mol. The third-order valence-electron chi connectivity index (χ3n) is 3.43. The summed E-state index contributed by atoms with van der Waals surface area (Å²) in [6, 6.07) is 1.11. The van der Waals surface area contributed by atoms with Crippen molar-refractivity contribution in [3.05, 3.63) is 0 Å². The Balaban J connectivity index is 4.72. The molecule has 0 aromatic rings. The Bertz CT molecular complexity index is 165. The Hall–Kier alpha value is 0.137. The van der Waals surface area contributed by atoms with Gasteiger partial charge in [-0.15, -0.1) is 0 Å². The van der Waals surface area contributed by atoms with Crippen molar-refractivity contribution in [1.82, 2.24) is 0 Å². The summed E-state index contributed by atoms with van der Waals surface area (Å²) in [7, 11) is 1.63. The van der Waals surface area contributed by atoms with Crippen LogP contribution in [0.5, 0.6) is 0 Å². The SMILES string of the molecule is CCCC[Si](OC)(OC)C(C)(C)CCC. The van der Waals surface area contributed by atoms with Gasteiger partial charge in [-0.2, -0.15) is 0 Å². The van der Waals surface area contributed by atoms with Gasteiger partial charge in [0.1, 0.15) is 0 Å². The molecule has 15 heavy (non-hydrogen) atoms. The molecule has 0 atom stereocenters. The smallest absolute Gasteiger partial charge is 0.343 e. The first-order valence-corrected chi connectivity index (χ1v) is 8.12. The van der Waals surface area contributed by atoms with Gasteiger partial charge in [-0.1, -0.05) is 47.0 Å². The fourth-order valence-corrected chi connectivity index (χ4v) is 6.21. The van der Waals surface area contributed by atoms with Crippen molar-refractivity contribution in [2.45, 2.75) is 64.5 Å². The largest absolute Gasteiger partial charge is 0.397 e. The van der Waals surface area contributed by atoms with Gasteiger partial charge in [0, 0.05) is 19.3 Å². The number of unbranched alkanes of at least 4 members (excludes halogenated alkanes) is 1. The molecule has 3 heteroatoms. The van der Waals surface area contributed by atoms with E-state index >= 15 is 0 Å². The van der Waals surface area contributed by atoms with E-state index < -0.39 is 8.56 Å². The van der Waals surface area contributed by atoms with Gasteiger partial charge in [-0.25, -0.2) is 0 Å². The lowest BCUT2D eigenvalue weighted by Crippen LogP contribution is -2.49. The highest BCUT2D eigenvalue weighted by molar-refractivity contribution is 6.70. The minimum Gasteiger partial charge on any atom is -0.397 e. The lowest BCUT2D eigenvalue weighted by molar-refractivity contribution is 0.204. The van der Waals surface area contributed by atoms with E-state index in [1.54, 1.807) is 0 Å². The van der Waals surface area contributed by atoms with Crippen molar-refractivity contribution in [1.29, 1.82) is 0 Å². The normalized spacial score (nSPS) is 13.2. The van der Waals surface area contributed by atoms with Crippen LogP contribution in [0.2, 0.25) is 11.1 Å². The second-order valence-corrected chi connectivity index (χ2v) is 9.07. The summed E-state index contributed by atoms with van der Waals surface area (Å²) < 4.78 is 11.6. The zero-order chi connectivity index (χ0) is 11.9. The third kappa shape index (κ3) is 3.57. The molecule has 0 saturated carbocycles. The Morgan fingerprint density at radius 2 is 1.53 bits per heavy atom. The molecule has 0 saturated heterocycles. The van der Waals surface area contributed by atoms with Gasteiger partial charge < -0.3 is 8.85 Å². The fraction of sp³-hybridized carbons (Fsp3) is 1.00. The van der Waals surface area contributed by atoms with Crippen LogP contribution in [0, 0.1) is 0 Å². The van der Waals surface area contributed by atoms with E-state index in [-0.39, 0.29) is 5.04 Å². The molecule has 0 fully saturated rings. The van der Waals surface area contributed by atoms with Crippen LogP contribution >= 0.6 is 0 Å². The van der Waals surface area contributed by atoms with Gasteiger partial charge in [-0.3, -0.25) is 0 Å². The maximum Gasteiger partial charge on any atom is 0.343 e. The monoisotopic (exact) mass is 232 g/mol. The van der Waals surface area contributed by atoms with Gasteiger partial charge in [-0.05, 0) is 12.5 Å². The highest BCUT2D eigenvalue weighted by Crippen LogP contribution is 2.45. The van der Waals surface area contributed by atoms with Crippen LogP contribution in [0.4, 0.5) is 0 Å². The molecule has 0 spiro atoms. The van der Waals surface area contributed by atoms with E-state index in [4.69, 9.17) is 8.85 Å². The van der Waals surface area contributed by atoms with E-state index in [1.165, 1.54) is 25.7 Å². The van der Waals surface area contributed by atoms with Crippen LogP contribution in [-0.4, -0.2) is 22.8 Å². The van der Waals surface area contributed by atoms with E-state index in [2.05, 4.69) is 27.7 Å². The van der Waals surface area contributed by atoms with E-state index in [0.717, 1.165) is 6.04 Å². The number of rotatable bonds is 8. The zero-order valence-corrected chi connectivity index (χ0v) is 12.4. The van der Waals surface area contributed by atoms with Gasteiger partial charge >= 0.3 is 8.56 Å². The van der Waals surface area contributed by atoms with E-state index in [0.29, 0.717) is 0 Å². The predicted molar refractivity (Wildman–Crippen MR) is 68.4 cm³/mol. The Kier molecular flexibility index (Phi) is 6.72. The van der Waals surface area contributed by atoms with E-state index in [9.17, 15) is 0 Å². The first-order valence-electron chi connectivity index (χ1n) is 6.10. The van der Waals surface area contributed by atoms with Crippen molar-refractivity contribution in [2.24, 2.45) is 0 Å². The van der Waals surface area contributed by atoms with Crippen molar-refractivity contribution < 1.29 is 8.85 Å². The molecular weight excluding hydrogens is 204 g/mol. The molecule has 2 nitrogen and oxygen atoms in total. The number of hydrogen-bond donors (Lipinski definition) is 0. The molecule has 0 aromatic heterocycles. The predicted octanol–water partition coefficient (Wildman–Crippen LogP) is 4.10. The molecule has 0 aliphatic carbocycles. The molecule has 0 aromatic carbocycles. The van der Waals surface area contributed by atoms with Gasteiger partial charge in [0.05, 0.1) is 0 Å². The van der Waals surface area contributed by atoms with Crippen molar-refractivity contribution >= 4 is 8.56 Å². The number of hydrogen-bond acceptors (Lipinski definition) is 2. The fourth-order valence-electron chi connectivity index (χ4n) is 2.40. The first kappa shape index (κ1) is 15.1. The quantitative estimate of drug-likeness (QED) is 0.587. The Labute approximate surface area is 96.6 Å². The summed E-state index contributed by atoms with van der Waals surface area (Å²) in [6.07, 6.45) is 4.80. The molecule has 0 unspecified atom stereocenters. The summed E-state index contributed by atoms with van der Waals surface area (Å²) >= 11 is 0. The topological polar surface area (TPSA) is 18.5 Å². The lowest BCUT2D eigenvalue weighted by atomic mass is 10.1. The van der Waals surface area contributed by atoms with Gasteiger partial charge in [0.25, 0.3) is 0 Å². The van der Waals surface area contributed by atoms with Crippen LogP contribution < -0.4 is 0 Å². The summed E-state index contributed by atoms with van der Waals surface area (Å²) in [5.74, 6) is 0. The third-order valence-corrected chi connectivity index (χ3v) is 8.07. The minimum absolute atomic E-state index is 0.209. The average Bonchev–Trinajstić information content (AvgIpc) is 2.19. The lowest BCUT2D eigenvalue weighted by Gasteiger charge is -2.41. The van der Waals surface area contributed by atoms with Crippen molar-refractivity contribution in [3.8, 4) is 0 Å². The van der Waals surface area contributed by atoms with Crippen molar-refractivity contribution in [3.63, 3.8) is 0 Å². The molecular formula is C12H28O2Si. The Morgan fingerprint density at radius 1 is 1.00 bits per heavy atom.